The van der Waals surface area contributed by atoms with Crippen molar-refractivity contribution in [1.82, 2.24) is 4.90 Å². The lowest BCUT2D eigenvalue weighted by molar-refractivity contribution is -0.128. The van der Waals surface area contributed by atoms with Gasteiger partial charge in [-0.15, -0.1) is 0 Å². The van der Waals surface area contributed by atoms with Crippen LogP contribution in [0, 0.1) is 17.7 Å². The summed E-state index contributed by atoms with van der Waals surface area (Å²) in [7, 11) is 0. The molecular formula is C32H28Cl2FN3O4. The molecule has 2 amide bonds. The number of aromatic carboxylic acids is 1. The van der Waals surface area contributed by atoms with Crippen molar-refractivity contribution in [2.24, 2.45) is 11.8 Å². The van der Waals surface area contributed by atoms with Gasteiger partial charge in [-0.25, -0.2) is 9.18 Å². The Bertz CT molecular complexity index is 1630. The van der Waals surface area contributed by atoms with Crippen LogP contribution in [0.15, 0.2) is 60.7 Å². The number of likely N-dealkylation sites (tertiary alicyclic amines) is 1. The van der Waals surface area contributed by atoms with Gasteiger partial charge < -0.3 is 15.3 Å². The standard InChI is InChI=1S/C32H28Cl2FN3O4/c33-19-10-13-22-24(14-19)36-31(42)32(22)27(21-6-3-7-23(34)28(21)35)26-25(38(32)15-17-4-1-2-5-17)16-37(29(26)39)20-11-8-18(9-12-20)30(40)41/h3,6-14,17,25-27H,1-2,4-5,15-16H2,(H,36,42)(H,40,41)/t25?,26?,27?,32-/m0/s1. The Morgan fingerprint density at radius 3 is 2.50 bits per heavy atom. The summed E-state index contributed by atoms with van der Waals surface area (Å²) in [5.41, 5.74) is 0.787. The summed E-state index contributed by atoms with van der Waals surface area (Å²) in [6.45, 7) is 0.855. The van der Waals surface area contributed by atoms with Gasteiger partial charge in [-0.2, -0.15) is 0 Å². The van der Waals surface area contributed by atoms with E-state index < -0.39 is 35.2 Å². The van der Waals surface area contributed by atoms with Crippen molar-refractivity contribution in [3.8, 4) is 0 Å². The Hall–Kier alpha value is -3.46. The lowest BCUT2D eigenvalue weighted by Crippen LogP contribution is -2.55. The van der Waals surface area contributed by atoms with Crippen LogP contribution in [0.1, 0.15) is 53.1 Å². The Morgan fingerprint density at radius 1 is 1.05 bits per heavy atom. The van der Waals surface area contributed by atoms with Crippen LogP contribution >= 0.6 is 23.2 Å². The number of fused-ring (bicyclic) bond motifs is 3. The van der Waals surface area contributed by atoms with Crippen LogP contribution in [-0.2, 0) is 15.1 Å². The van der Waals surface area contributed by atoms with Gasteiger partial charge in [0, 0.05) is 47.0 Å². The molecule has 0 radical (unpaired) electrons. The van der Waals surface area contributed by atoms with E-state index >= 15 is 4.39 Å². The van der Waals surface area contributed by atoms with Crippen molar-refractivity contribution in [1.29, 1.82) is 0 Å². The largest absolute Gasteiger partial charge is 0.478 e. The molecule has 1 saturated carbocycles. The Labute approximate surface area is 252 Å². The molecule has 0 aromatic heterocycles. The van der Waals surface area contributed by atoms with Gasteiger partial charge in [0.25, 0.3) is 0 Å². The van der Waals surface area contributed by atoms with E-state index in [0.717, 1.165) is 25.7 Å². The second-order valence-corrected chi connectivity index (χ2v) is 12.6. The van der Waals surface area contributed by atoms with Gasteiger partial charge in [0.2, 0.25) is 11.8 Å². The number of anilines is 2. The molecule has 1 aliphatic carbocycles. The molecule has 3 aromatic rings. The topological polar surface area (TPSA) is 90.0 Å². The zero-order valence-electron chi connectivity index (χ0n) is 22.5. The van der Waals surface area contributed by atoms with E-state index in [9.17, 15) is 19.5 Å². The third kappa shape index (κ3) is 3.92. The normalized spacial score (nSPS) is 27.1. The number of amides is 2. The van der Waals surface area contributed by atoms with Crippen molar-refractivity contribution in [2.45, 2.75) is 43.2 Å². The number of hydrogen-bond acceptors (Lipinski definition) is 4. The van der Waals surface area contributed by atoms with Crippen LogP contribution in [-0.4, -0.2) is 46.9 Å². The maximum atomic E-state index is 16.0. The van der Waals surface area contributed by atoms with E-state index in [1.165, 1.54) is 18.2 Å². The van der Waals surface area contributed by atoms with Gasteiger partial charge in [-0.05, 0) is 66.8 Å². The van der Waals surface area contributed by atoms with E-state index in [-0.39, 0.29) is 34.5 Å². The lowest BCUT2D eigenvalue weighted by Gasteiger charge is -2.42. The zero-order chi connectivity index (χ0) is 29.3. The van der Waals surface area contributed by atoms with Crippen LogP contribution in [0.3, 0.4) is 0 Å². The summed E-state index contributed by atoms with van der Waals surface area (Å²) in [4.78, 5) is 44.1. The molecule has 3 aromatic carbocycles. The summed E-state index contributed by atoms with van der Waals surface area (Å²) in [5, 5.41) is 12.8. The van der Waals surface area contributed by atoms with Crippen LogP contribution < -0.4 is 10.2 Å². The first-order valence-electron chi connectivity index (χ1n) is 14.2. The second kappa shape index (κ2) is 10.1. The first kappa shape index (κ1) is 27.4. The molecule has 42 heavy (non-hydrogen) atoms. The first-order chi connectivity index (χ1) is 20.2. The quantitative estimate of drug-likeness (QED) is 0.355. The molecule has 7 rings (SSSR count). The van der Waals surface area contributed by atoms with E-state index in [2.05, 4.69) is 10.2 Å². The van der Waals surface area contributed by atoms with Gasteiger partial charge >= 0.3 is 5.97 Å². The highest BCUT2D eigenvalue weighted by molar-refractivity contribution is 6.31. The number of carbonyl (C=O) groups excluding carboxylic acids is 2. The SMILES string of the molecule is O=C(O)c1ccc(N2CC3C(C2=O)C(c2cccc(Cl)c2F)[C@@]2(C(=O)Nc4cc(Cl)ccc42)N3CC2CCCC2)cc1. The van der Waals surface area contributed by atoms with Crippen molar-refractivity contribution in [2.75, 3.05) is 23.3 Å². The molecule has 3 heterocycles. The second-order valence-electron chi connectivity index (χ2n) is 11.7. The summed E-state index contributed by atoms with van der Waals surface area (Å²) in [5.74, 6) is -3.55. The highest BCUT2D eigenvalue weighted by atomic mass is 35.5. The number of carboxylic acid groups (broad SMARTS) is 1. The van der Waals surface area contributed by atoms with Crippen LogP contribution in [0.5, 0.6) is 0 Å². The van der Waals surface area contributed by atoms with Crippen molar-refractivity contribution in [3.63, 3.8) is 0 Å². The smallest absolute Gasteiger partial charge is 0.335 e. The fourth-order valence-electron chi connectivity index (χ4n) is 7.92. The van der Waals surface area contributed by atoms with Gasteiger partial charge in [0.15, 0.2) is 0 Å². The molecular weight excluding hydrogens is 580 g/mol. The Balaban J connectivity index is 1.43. The summed E-state index contributed by atoms with van der Waals surface area (Å²) in [6.07, 6.45) is 4.24. The van der Waals surface area contributed by atoms with E-state index in [0.29, 0.717) is 34.4 Å². The fraction of sp³-hybridized carbons (Fsp3) is 0.344. The Kier molecular flexibility index (Phi) is 6.57. The maximum Gasteiger partial charge on any atom is 0.335 e. The molecule has 3 fully saturated rings. The molecule has 1 spiro atoms. The average molecular weight is 608 g/mol. The highest BCUT2D eigenvalue weighted by Crippen LogP contribution is 2.62. The van der Waals surface area contributed by atoms with Crippen LogP contribution in [0.25, 0.3) is 0 Å². The molecule has 3 aliphatic heterocycles. The summed E-state index contributed by atoms with van der Waals surface area (Å²) < 4.78 is 16.0. The maximum absolute atomic E-state index is 16.0. The highest BCUT2D eigenvalue weighted by Gasteiger charge is 2.71. The summed E-state index contributed by atoms with van der Waals surface area (Å²) in [6, 6.07) is 15.8. The van der Waals surface area contributed by atoms with Gasteiger partial charge in [-0.1, -0.05) is 54.2 Å². The number of carbonyl (C=O) groups is 3. The van der Waals surface area contributed by atoms with Crippen molar-refractivity contribution < 1.29 is 23.9 Å². The number of rotatable bonds is 5. The fourth-order valence-corrected chi connectivity index (χ4v) is 8.28. The third-order valence-electron chi connectivity index (χ3n) is 9.66. The van der Waals surface area contributed by atoms with Gasteiger partial charge in [-0.3, -0.25) is 14.5 Å². The average Bonchev–Trinajstić information content (AvgIpc) is 3.72. The minimum absolute atomic E-state index is 0.0743. The zero-order valence-corrected chi connectivity index (χ0v) is 24.0. The number of halogens is 3. The molecule has 2 N–H and O–H groups in total. The van der Waals surface area contributed by atoms with Crippen molar-refractivity contribution in [3.05, 3.63) is 93.2 Å². The molecule has 4 aliphatic rings. The van der Waals surface area contributed by atoms with Gasteiger partial charge in [0.1, 0.15) is 11.4 Å². The predicted molar refractivity (Wildman–Crippen MR) is 158 cm³/mol. The van der Waals surface area contributed by atoms with Crippen LogP contribution in [0.4, 0.5) is 15.8 Å². The minimum Gasteiger partial charge on any atom is -0.478 e. The number of carboxylic acids is 1. The number of benzene rings is 3. The predicted octanol–water partition coefficient (Wildman–Crippen LogP) is 6.30. The molecule has 0 bridgehead atoms. The number of hydrogen-bond donors (Lipinski definition) is 2. The molecule has 2 saturated heterocycles. The summed E-state index contributed by atoms with van der Waals surface area (Å²) >= 11 is 12.6. The number of nitrogens with zero attached hydrogens (tertiary/aromatic N) is 2. The van der Waals surface area contributed by atoms with Crippen LogP contribution in [0.2, 0.25) is 10.0 Å². The monoisotopic (exact) mass is 607 g/mol. The molecule has 3 unspecified atom stereocenters. The van der Waals surface area contributed by atoms with E-state index in [1.807, 2.05) is 6.07 Å². The molecule has 4 atom stereocenters. The van der Waals surface area contributed by atoms with Gasteiger partial charge in [0.05, 0.1) is 16.5 Å². The molecule has 7 nitrogen and oxygen atoms in total. The first-order valence-corrected chi connectivity index (χ1v) is 14.9. The molecule has 216 valence electrons. The minimum atomic E-state index is -1.35. The van der Waals surface area contributed by atoms with E-state index in [1.54, 1.807) is 41.3 Å². The van der Waals surface area contributed by atoms with E-state index in [4.69, 9.17) is 23.2 Å². The third-order valence-corrected chi connectivity index (χ3v) is 10.2. The lowest BCUT2D eigenvalue weighted by atomic mass is 9.71. The van der Waals surface area contributed by atoms with Crippen molar-refractivity contribution >= 4 is 52.4 Å². The Morgan fingerprint density at radius 2 is 1.79 bits per heavy atom. The molecule has 10 heteroatoms. The number of nitrogens with one attached hydrogen (secondary N) is 1.